The van der Waals surface area contributed by atoms with Gasteiger partial charge in [-0.3, -0.25) is 9.59 Å². The molecule has 2 fully saturated rings. The number of aromatic hydroxyl groups is 2. The van der Waals surface area contributed by atoms with Crippen LogP contribution in [0.1, 0.15) is 86.1 Å². The zero-order valence-corrected chi connectivity index (χ0v) is 17.2. The van der Waals surface area contributed by atoms with Crippen LogP contribution >= 0.6 is 0 Å². The Morgan fingerprint density at radius 2 is 1.89 bits per heavy atom. The normalized spacial score (nSPS) is 29.8. The molecule has 1 heterocycles. The molecule has 3 atom stereocenters. The summed E-state index contributed by atoms with van der Waals surface area (Å²) in [6, 6.07) is 0. The number of ketones is 1. The first kappa shape index (κ1) is 19.3. The maximum absolute atomic E-state index is 12.6. The molecule has 1 spiro atoms. The topological polar surface area (TPSA) is 83.8 Å². The van der Waals surface area contributed by atoms with Crippen LogP contribution in [0, 0.1) is 23.2 Å². The molecule has 0 saturated heterocycles. The van der Waals surface area contributed by atoms with Gasteiger partial charge in [0.05, 0.1) is 5.56 Å². The highest BCUT2D eigenvalue weighted by atomic mass is 16.5. The Labute approximate surface area is 166 Å². The first-order chi connectivity index (χ1) is 13.1. The Balaban J connectivity index is 1.84. The molecule has 5 nitrogen and oxygen atoms in total. The number of ether oxygens (including phenoxy) is 1. The van der Waals surface area contributed by atoms with Gasteiger partial charge in [0.2, 0.25) is 0 Å². The minimum absolute atomic E-state index is 0.00226. The average Bonchev–Trinajstić information content (AvgIpc) is 3.17. The van der Waals surface area contributed by atoms with Crippen LogP contribution in [0.4, 0.5) is 0 Å². The van der Waals surface area contributed by atoms with Crippen molar-refractivity contribution in [2.24, 2.45) is 23.2 Å². The largest absolute Gasteiger partial charge is 0.507 e. The van der Waals surface area contributed by atoms with E-state index in [1.165, 1.54) is 6.42 Å². The molecule has 2 N–H and O–H groups in total. The Kier molecular flexibility index (Phi) is 4.29. The molecule has 4 rings (SSSR count). The third-order valence-electron chi connectivity index (χ3n) is 7.76. The minimum atomic E-state index is -0.449. The summed E-state index contributed by atoms with van der Waals surface area (Å²) in [4.78, 5) is 24.5. The fraction of sp³-hybridized carbons (Fsp3) is 0.652. The summed E-state index contributed by atoms with van der Waals surface area (Å²) >= 11 is 0. The van der Waals surface area contributed by atoms with Gasteiger partial charge in [-0.15, -0.1) is 0 Å². The van der Waals surface area contributed by atoms with E-state index < -0.39 is 5.75 Å². The maximum Gasteiger partial charge on any atom is 0.170 e. The Hall–Kier alpha value is -2.04. The van der Waals surface area contributed by atoms with Crippen molar-refractivity contribution in [1.29, 1.82) is 0 Å². The smallest absolute Gasteiger partial charge is 0.170 e. The second-order valence-electron chi connectivity index (χ2n) is 9.85. The van der Waals surface area contributed by atoms with Crippen molar-refractivity contribution in [2.75, 3.05) is 0 Å². The lowest BCUT2D eigenvalue weighted by molar-refractivity contribution is -0.0975. The summed E-state index contributed by atoms with van der Waals surface area (Å²) in [6.45, 7) is 8.27. The molecule has 1 aromatic carbocycles. The van der Waals surface area contributed by atoms with Crippen molar-refractivity contribution in [1.82, 2.24) is 0 Å². The lowest BCUT2D eigenvalue weighted by Crippen LogP contribution is -2.55. The number of fused-ring (bicyclic) bond motifs is 4. The minimum Gasteiger partial charge on any atom is -0.507 e. The van der Waals surface area contributed by atoms with Gasteiger partial charge in [-0.05, 0) is 49.9 Å². The SMILES string of the molecule is CC(C)CC(=O)c1c(O)c(C=O)c2c(c1O)CC[C@@]1(O2)[C@@H]2CC[C@@H](C2)C1(C)C. The number of Topliss-reactive ketones (excluding diaryl/α,β-unsaturated/α-hetero) is 1. The van der Waals surface area contributed by atoms with Gasteiger partial charge in [0.15, 0.2) is 12.1 Å². The highest BCUT2D eigenvalue weighted by Crippen LogP contribution is 2.66. The summed E-state index contributed by atoms with van der Waals surface area (Å²) in [6.07, 6.45) is 5.48. The fourth-order valence-corrected chi connectivity index (χ4v) is 6.19. The van der Waals surface area contributed by atoms with Crippen molar-refractivity contribution in [3.63, 3.8) is 0 Å². The van der Waals surface area contributed by atoms with Crippen molar-refractivity contribution in [2.45, 2.75) is 71.8 Å². The standard InChI is InChI=1S/C23H30O5/c1-12(2)9-17(25)18-19(26)15-7-8-23(28-21(15)16(11-24)20(18)27)14-6-5-13(10-14)22(23,3)4/h11-14,26-27H,5-10H2,1-4H3/t13-,14+,23+/m0/s1. The van der Waals surface area contributed by atoms with Crippen LogP contribution in [0.2, 0.25) is 0 Å². The summed E-state index contributed by atoms with van der Waals surface area (Å²) in [7, 11) is 0. The van der Waals surface area contributed by atoms with Gasteiger partial charge < -0.3 is 14.9 Å². The highest BCUT2D eigenvalue weighted by molar-refractivity contribution is 6.05. The van der Waals surface area contributed by atoms with Crippen molar-refractivity contribution < 1.29 is 24.5 Å². The fourth-order valence-electron chi connectivity index (χ4n) is 6.19. The number of phenols is 2. The summed E-state index contributed by atoms with van der Waals surface area (Å²) in [5, 5.41) is 21.5. The first-order valence-electron chi connectivity index (χ1n) is 10.4. The van der Waals surface area contributed by atoms with Crippen LogP contribution in [0.5, 0.6) is 17.2 Å². The number of phenolic OH excluding ortho intramolecular Hbond substituents is 2. The molecule has 1 aliphatic heterocycles. The van der Waals surface area contributed by atoms with Gasteiger partial charge in [0, 0.05) is 17.4 Å². The molecule has 2 saturated carbocycles. The van der Waals surface area contributed by atoms with E-state index in [0.717, 1.165) is 19.3 Å². The number of benzene rings is 1. The van der Waals surface area contributed by atoms with E-state index in [2.05, 4.69) is 13.8 Å². The number of carbonyl (C=O) groups excluding carboxylic acids is 2. The molecule has 2 bridgehead atoms. The van der Waals surface area contributed by atoms with E-state index in [9.17, 15) is 19.8 Å². The highest BCUT2D eigenvalue weighted by Gasteiger charge is 2.65. The van der Waals surface area contributed by atoms with Gasteiger partial charge >= 0.3 is 0 Å². The third-order valence-corrected chi connectivity index (χ3v) is 7.76. The number of hydrogen-bond acceptors (Lipinski definition) is 5. The average molecular weight is 386 g/mol. The van der Waals surface area contributed by atoms with E-state index in [0.29, 0.717) is 30.1 Å². The molecular weight excluding hydrogens is 356 g/mol. The van der Waals surface area contributed by atoms with Crippen LogP contribution in [0.15, 0.2) is 0 Å². The summed E-state index contributed by atoms with van der Waals surface area (Å²) in [5.74, 6) is 0.347. The first-order valence-corrected chi connectivity index (χ1v) is 10.4. The molecule has 0 unspecified atom stereocenters. The van der Waals surface area contributed by atoms with E-state index in [4.69, 9.17) is 4.74 Å². The number of carbonyl (C=O) groups is 2. The molecule has 0 aromatic heterocycles. The third kappa shape index (κ3) is 2.37. The van der Waals surface area contributed by atoms with Gasteiger partial charge in [0.25, 0.3) is 0 Å². The Morgan fingerprint density at radius 3 is 2.46 bits per heavy atom. The predicted molar refractivity (Wildman–Crippen MR) is 105 cm³/mol. The zero-order chi connectivity index (χ0) is 20.4. The van der Waals surface area contributed by atoms with E-state index >= 15 is 0 Å². The number of hydrogen-bond donors (Lipinski definition) is 2. The molecule has 5 heteroatoms. The Morgan fingerprint density at radius 1 is 1.21 bits per heavy atom. The quantitative estimate of drug-likeness (QED) is 0.581. The molecule has 28 heavy (non-hydrogen) atoms. The molecule has 2 aliphatic carbocycles. The van der Waals surface area contributed by atoms with E-state index in [1.54, 1.807) is 0 Å². The van der Waals surface area contributed by atoms with Crippen LogP contribution in [0.25, 0.3) is 0 Å². The van der Waals surface area contributed by atoms with Crippen LogP contribution in [0.3, 0.4) is 0 Å². The number of rotatable bonds is 4. The molecule has 3 aliphatic rings. The second-order valence-corrected chi connectivity index (χ2v) is 9.85. The van der Waals surface area contributed by atoms with Crippen LogP contribution in [-0.4, -0.2) is 27.9 Å². The molecule has 1 aromatic rings. The summed E-state index contributed by atoms with van der Waals surface area (Å²) in [5.41, 5.74) is -0.0798. The summed E-state index contributed by atoms with van der Waals surface area (Å²) < 4.78 is 6.57. The number of aldehydes is 1. The van der Waals surface area contributed by atoms with Crippen molar-refractivity contribution in [3.8, 4) is 17.2 Å². The van der Waals surface area contributed by atoms with E-state index in [-0.39, 0.29) is 51.8 Å². The lowest BCUT2D eigenvalue weighted by Gasteiger charge is -2.52. The second kappa shape index (κ2) is 6.23. The van der Waals surface area contributed by atoms with Crippen molar-refractivity contribution in [3.05, 3.63) is 16.7 Å². The van der Waals surface area contributed by atoms with E-state index in [1.807, 2.05) is 13.8 Å². The molecule has 0 amide bonds. The Bertz CT molecular complexity index is 853. The molecule has 152 valence electrons. The van der Waals surface area contributed by atoms with Gasteiger partial charge in [-0.1, -0.05) is 27.7 Å². The van der Waals surface area contributed by atoms with Crippen LogP contribution < -0.4 is 4.74 Å². The maximum atomic E-state index is 12.6. The van der Waals surface area contributed by atoms with Gasteiger partial charge in [0.1, 0.15) is 28.4 Å². The van der Waals surface area contributed by atoms with Gasteiger partial charge in [-0.2, -0.15) is 0 Å². The van der Waals surface area contributed by atoms with Crippen molar-refractivity contribution >= 4 is 12.1 Å². The lowest BCUT2D eigenvalue weighted by atomic mass is 9.62. The monoisotopic (exact) mass is 386 g/mol. The van der Waals surface area contributed by atoms with Crippen LogP contribution in [-0.2, 0) is 6.42 Å². The van der Waals surface area contributed by atoms with Gasteiger partial charge in [-0.25, -0.2) is 0 Å². The molecule has 0 radical (unpaired) electrons. The predicted octanol–water partition coefficient (Wildman–Crippen LogP) is 4.66. The zero-order valence-electron chi connectivity index (χ0n) is 17.2. The molecular formula is C23H30O5.